The fourth-order valence-electron chi connectivity index (χ4n) is 2.05. The maximum absolute atomic E-state index is 13.1. The summed E-state index contributed by atoms with van der Waals surface area (Å²) in [6.45, 7) is 1.92. The molecule has 1 aromatic carbocycles. The van der Waals surface area contributed by atoms with Crippen LogP contribution in [0.4, 0.5) is 21.0 Å². The highest BCUT2D eigenvalue weighted by Crippen LogP contribution is 2.33. The quantitative estimate of drug-likeness (QED) is 0.690. The van der Waals surface area contributed by atoms with Crippen LogP contribution in [0, 0.1) is 12.7 Å². The van der Waals surface area contributed by atoms with E-state index in [-0.39, 0.29) is 5.82 Å². The van der Waals surface area contributed by atoms with E-state index in [9.17, 15) is 4.39 Å². The number of aryl methyl sites for hydroxylation is 1. The normalized spacial score (nSPS) is 10.7. The van der Waals surface area contributed by atoms with E-state index in [0.29, 0.717) is 15.4 Å². The summed E-state index contributed by atoms with van der Waals surface area (Å²) < 4.78 is 13.8. The molecule has 0 radical (unpaired) electrons. The van der Waals surface area contributed by atoms with Gasteiger partial charge in [-0.05, 0) is 58.7 Å². The van der Waals surface area contributed by atoms with Crippen molar-refractivity contribution in [3.63, 3.8) is 0 Å². The Kier molecular flexibility index (Phi) is 4.08. The first-order valence-corrected chi connectivity index (χ1v) is 8.05. The van der Waals surface area contributed by atoms with Gasteiger partial charge in [-0.1, -0.05) is 11.3 Å². The average Bonchev–Trinajstić information content (AvgIpc) is 2.81. The van der Waals surface area contributed by atoms with Gasteiger partial charge in [0.05, 0.1) is 16.3 Å². The number of hydrogen-bond acceptors (Lipinski definition) is 5. The van der Waals surface area contributed by atoms with Crippen LogP contribution in [0.15, 0.2) is 41.0 Å². The summed E-state index contributed by atoms with van der Waals surface area (Å²) in [6, 6.07) is 8.27. The summed E-state index contributed by atoms with van der Waals surface area (Å²) in [4.78, 5) is 9.53. The van der Waals surface area contributed by atoms with Gasteiger partial charge in [0.15, 0.2) is 5.13 Å². The molecule has 0 saturated carbocycles. The minimum Gasteiger partial charge on any atom is -0.375 e. The zero-order valence-electron chi connectivity index (χ0n) is 11.6. The molecule has 0 fully saturated rings. The second kappa shape index (κ2) is 6.02. The van der Waals surface area contributed by atoms with E-state index >= 15 is 0 Å². The first kappa shape index (κ1) is 14.9. The summed E-state index contributed by atoms with van der Waals surface area (Å²) in [5.41, 5.74) is 8.37. The lowest BCUT2D eigenvalue weighted by Crippen LogP contribution is -1.95. The Balaban J connectivity index is 1.93. The standard InChI is InChI=1S/C15H12BrFN4S/c1-8-14(22-15(18)20-8)9-4-5-19-13(6-9)21-12-3-2-10(17)7-11(12)16/h2-7H,1H3,(H2,18,20)(H,19,21). The predicted octanol–water partition coefficient (Wildman–Crippen LogP) is 4.74. The Bertz CT molecular complexity index is 834. The Morgan fingerprint density at radius 2 is 2.09 bits per heavy atom. The largest absolute Gasteiger partial charge is 0.375 e. The van der Waals surface area contributed by atoms with Crippen molar-refractivity contribution in [3.8, 4) is 10.4 Å². The van der Waals surface area contributed by atoms with Crippen LogP contribution < -0.4 is 11.1 Å². The van der Waals surface area contributed by atoms with E-state index in [1.54, 1.807) is 12.3 Å². The molecule has 22 heavy (non-hydrogen) atoms. The zero-order chi connectivity index (χ0) is 15.7. The molecule has 0 aliphatic heterocycles. The Morgan fingerprint density at radius 1 is 1.27 bits per heavy atom. The third kappa shape index (κ3) is 3.10. The molecular weight excluding hydrogens is 367 g/mol. The number of nitrogens with two attached hydrogens (primary N) is 1. The molecule has 0 spiro atoms. The molecule has 112 valence electrons. The van der Waals surface area contributed by atoms with Crippen LogP contribution in [0.3, 0.4) is 0 Å². The number of halogens is 2. The highest BCUT2D eigenvalue weighted by molar-refractivity contribution is 9.10. The van der Waals surface area contributed by atoms with Crippen LogP contribution in [0.25, 0.3) is 10.4 Å². The number of nitrogens with one attached hydrogen (secondary N) is 1. The van der Waals surface area contributed by atoms with Gasteiger partial charge in [0.1, 0.15) is 11.6 Å². The van der Waals surface area contributed by atoms with Crippen molar-refractivity contribution in [2.75, 3.05) is 11.1 Å². The van der Waals surface area contributed by atoms with E-state index in [1.165, 1.54) is 23.5 Å². The molecule has 0 atom stereocenters. The Labute approximate surface area is 139 Å². The molecule has 0 bridgehead atoms. The molecule has 7 heteroatoms. The molecule has 2 aromatic heterocycles. The number of pyridine rings is 1. The molecule has 0 amide bonds. The SMILES string of the molecule is Cc1nc(N)sc1-c1ccnc(Nc2ccc(F)cc2Br)c1. The molecule has 3 rings (SSSR count). The van der Waals surface area contributed by atoms with Crippen LogP contribution in [0.1, 0.15) is 5.69 Å². The minimum atomic E-state index is -0.296. The number of nitrogens with zero attached hydrogens (tertiary/aromatic N) is 2. The van der Waals surface area contributed by atoms with E-state index in [1.807, 2.05) is 19.1 Å². The summed E-state index contributed by atoms with van der Waals surface area (Å²) >= 11 is 4.77. The van der Waals surface area contributed by atoms with E-state index in [0.717, 1.165) is 21.8 Å². The lowest BCUT2D eigenvalue weighted by Gasteiger charge is -2.09. The number of aromatic nitrogens is 2. The van der Waals surface area contributed by atoms with Crippen LogP contribution in [0.2, 0.25) is 0 Å². The van der Waals surface area contributed by atoms with Gasteiger partial charge >= 0.3 is 0 Å². The van der Waals surface area contributed by atoms with Crippen molar-refractivity contribution in [2.45, 2.75) is 6.92 Å². The van der Waals surface area contributed by atoms with Gasteiger partial charge < -0.3 is 11.1 Å². The van der Waals surface area contributed by atoms with Crippen LogP contribution in [-0.4, -0.2) is 9.97 Å². The van der Waals surface area contributed by atoms with Gasteiger partial charge in [0.2, 0.25) is 0 Å². The van der Waals surface area contributed by atoms with Gasteiger partial charge in [0, 0.05) is 10.7 Å². The first-order valence-electron chi connectivity index (χ1n) is 6.44. The van der Waals surface area contributed by atoms with Crippen LogP contribution in [0.5, 0.6) is 0 Å². The number of benzene rings is 1. The van der Waals surface area contributed by atoms with Crippen LogP contribution in [-0.2, 0) is 0 Å². The van der Waals surface area contributed by atoms with Crippen molar-refractivity contribution in [2.24, 2.45) is 0 Å². The molecular formula is C15H12BrFN4S. The number of thiazole rings is 1. The van der Waals surface area contributed by atoms with Gasteiger partial charge in [-0.25, -0.2) is 14.4 Å². The number of hydrogen-bond donors (Lipinski definition) is 2. The number of anilines is 3. The molecule has 0 saturated heterocycles. The molecule has 3 aromatic rings. The molecule has 0 unspecified atom stereocenters. The molecule has 4 nitrogen and oxygen atoms in total. The fraction of sp³-hybridized carbons (Fsp3) is 0.0667. The van der Waals surface area contributed by atoms with Gasteiger partial charge in [-0.15, -0.1) is 0 Å². The smallest absolute Gasteiger partial charge is 0.180 e. The summed E-state index contributed by atoms with van der Waals surface area (Å²) in [7, 11) is 0. The first-order chi connectivity index (χ1) is 10.5. The average molecular weight is 379 g/mol. The Hall–Kier alpha value is -1.99. The lowest BCUT2D eigenvalue weighted by atomic mass is 10.2. The third-order valence-corrected chi connectivity index (χ3v) is 4.72. The lowest BCUT2D eigenvalue weighted by molar-refractivity contribution is 0.627. The highest BCUT2D eigenvalue weighted by Gasteiger charge is 2.10. The van der Waals surface area contributed by atoms with Crippen molar-refractivity contribution in [1.82, 2.24) is 9.97 Å². The maximum atomic E-state index is 13.1. The van der Waals surface area contributed by atoms with Crippen molar-refractivity contribution < 1.29 is 4.39 Å². The molecule has 0 aliphatic rings. The monoisotopic (exact) mass is 378 g/mol. The van der Waals surface area contributed by atoms with Gasteiger partial charge in [-0.2, -0.15) is 0 Å². The fourth-order valence-corrected chi connectivity index (χ4v) is 3.33. The summed E-state index contributed by atoms with van der Waals surface area (Å²) in [5, 5.41) is 3.71. The summed E-state index contributed by atoms with van der Waals surface area (Å²) in [6.07, 6.45) is 1.71. The molecule has 2 heterocycles. The third-order valence-electron chi connectivity index (χ3n) is 3.03. The van der Waals surface area contributed by atoms with Crippen LogP contribution >= 0.6 is 27.3 Å². The number of rotatable bonds is 3. The summed E-state index contributed by atoms with van der Waals surface area (Å²) in [5.74, 6) is 0.367. The maximum Gasteiger partial charge on any atom is 0.180 e. The van der Waals surface area contributed by atoms with E-state index in [2.05, 4.69) is 31.2 Å². The Morgan fingerprint density at radius 3 is 2.77 bits per heavy atom. The highest BCUT2D eigenvalue weighted by atomic mass is 79.9. The van der Waals surface area contributed by atoms with E-state index in [4.69, 9.17) is 5.73 Å². The minimum absolute atomic E-state index is 0.296. The van der Waals surface area contributed by atoms with Crippen molar-refractivity contribution in [1.29, 1.82) is 0 Å². The second-order valence-electron chi connectivity index (χ2n) is 4.65. The van der Waals surface area contributed by atoms with Gasteiger partial charge in [0.25, 0.3) is 0 Å². The zero-order valence-corrected chi connectivity index (χ0v) is 14.0. The molecule has 0 aliphatic carbocycles. The van der Waals surface area contributed by atoms with Gasteiger partial charge in [-0.3, -0.25) is 0 Å². The van der Waals surface area contributed by atoms with Crippen molar-refractivity contribution in [3.05, 3.63) is 52.5 Å². The van der Waals surface area contributed by atoms with Crippen molar-refractivity contribution >= 4 is 43.9 Å². The topological polar surface area (TPSA) is 63.8 Å². The van der Waals surface area contributed by atoms with E-state index < -0.39 is 0 Å². The number of nitrogen functional groups attached to an aromatic ring is 1. The predicted molar refractivity (Wildman–Crippen MR) is 91.9 cm³/mol. The second-order valence-corrected chi connectivity index (χ2v) is 6.53. The molecule has 3 N–H and O–H groups in total.